The van der Waals surface area contributed by atoms with Crippen LogP contribution in [0.5, 0.6) is 0 Å². The summed E-state index contributed by atoms with van der Waals surface area (Å²) in [6.07, 6.45) is 1.51. The second kappa shape index (κ2) is 18.7. The molecule has 2 aromatic heterocycles. The number of benzene rings is 2. The highest BCUT2D eigenvalue weighted by Crippen LogP contribution is 2.34. The van der Waals surface area contributed by atoms with E-state index in [1.54, 1.807) is 24.9 Å². The lowest BCUT2D eigenvalue weighted by Crippen LogP contribution is -2.57. The Balaban J connectivity index is 1.23. The van der Waals surface area contributed by atoms with Crippen LogP contribution < -0.4 is 16.1 Å². The lowest BCUT2D eigenvalue weighted by Gasteiger charge is -2.35. The zero-order chi connectivity index (χ0) is 41.4. The third-order valence-electron chi connectivity index (χ3n) is 11.4. The molecular weight excluding hydrogens is 735 g/mol. The van der Waals surface area contributed by atoms with Crippen LogP contribution in [0.4, 0.5) is 4.79 Å². The van der Waals surface area contributed by atoms with Crippen LogP contribution in [0.3, 0.4) is 0 Å². The standard InChI is InChI=1S/C45H55N7O6/c1-6-29(2)41(38-25-47-44(57)51(38)28-34-16-12-13-30(3)49-34)42(55)50-37(23-31-14-8-7-9-15-31)39(53)26-48-52(43(56)35-24-40(54)58-45(35,4)5)27-32-18-20-33(21-19-32)36-17-10-11-22-46-36/h7-22,29,35,37-39,41,48,53H,6,23-28H2,1-5H3,(H,47,57)(H,50,55). The molecule has 6 rings (SSSR count). The molecule has 0 radical (unpaired) electrons. The Hall–Kier alpha value is -5.66. The number of urea groups is 1. The Morgan fingerprint density at radius 1 is 1.00 bits per heavy atom. The third-order valence-corrected chi connectivity index (χ3v) is 11.4. The predicted octanol–water partition coefficient (Wildman–Crippen LogP) is 4.97. The van der Waals surface area contributed by atoms with E-state index in [0.29, 0.717) is 19.4 Å². The first-order chi connectivity index (χ1) is 27.8. The van der Waals surface area contributed by atoms with Crippen molar-refractivity contribution in [1.29, 1.82) is 0 Å². The van der Waals surface area contributed by atoms with Crippen LogP contribution in [-0.4, -0.2) is 85.7 Å². The minimum absolute atomic E-state index is 0.0651. The van der Waals surface area contributed by atoms with Crippen LogP contribution in [0.15, 0.2) is 97.2 Å². The first-order valence-electron chi connectivity index (χ1n) is 20.1. The number of carbonyl (C=O) groups excluding carboxylic acids is 4. The molecule has 4 N–H and O–H groups in total. The number of ether oxygens (including phenoxy) is 1. The quantitative estimate of drug-likeness (QED) is 0.0854. The van der Waals surface area contributed by atoms with Crippen LogP contribution in [0.2, 0.25) is 0 Å². The molecular formula is C45H55N7O6. The molecule has 2 saturated heterocycles. The number of aromatic nitrogens is 2. The topological polar surface area (TPSA) is 166 Å². The van der Waals surface area contributed by atoms with Gasteiger partial charge in [0.15, 0.2) is 0 Å². The van der Waals surface area contributed by atoms with E-state index in [1.807, 2.05) is 112 Å². The highest BCUT2D eigenvalue weighted by molar-refractivity contribution is 5.87. The molecule has 0 spiro atoms. The van der Waals surface area contributed by atoms with E-state index >= 15 is 0 Å². The maximum Gasteiger partial charge on any atom is 0.318 e. The Morgan fingerprint density at radius 3 is 2.40 bits per heavy atom. The summed E-state index contributed by atoms with van der Waals surface area (Å²) in [5, 5.41) is 19.5. The van der Waals surface area contributed by atoms with E-state index < -0.39 is 41.6 Å². The van der Waals surface area contributed by atoms with Crippen LogP contribution in [0.1, 0.15) is 63.1 Å². The van der Waals surface area contributed by atoms with Gasteiger partial charge in [-0.25, -0.2) is 10.2 Å². The monoisotopic (exact) mass is 789 g/mol. The van der Waals surface area contributed by atoms with E-state index in [4.69, 9.17) is 4.74 Å². The molecule has 0 aliphatic carbocycles. The fourth-order valence-electron chi connectivity index (χ4n) is 7.87. The smallest absolute Gasteiger partial charge is 0.318 e. The average Bonchev–Trinajstić information content (AvgIpc) is 3.71. The van der Waals surface area contributed by atoms with Gasteiger partial charge in [0.2, 0.25) is 11.8 Å². The number of carbonyl (C=O) groups is 4. The Labute approximate surface area is 340 Å². The molecule has 0 saturated carbocycles. The molecule has 13 nitrogen and oxygen atoms in total. The van der Waals surface area contributed by atoms with E-state index in [0.717, 1.165) is 33.8 Å². The first kappa shape index (κ1) is 42.0. The molecule has 2 aliphatic rings. The van der Waals surface area contributed by atoms with Crippen molar-refractivity contribution in [3.8, 4) is 11.3 Å². The molecule has 4 amide bonds. The van der Waals surface area contributed by atoms with Crippen molar-refractivity contribution < 1.29 is 29.0 Å². The number of rotatable bonds is 17. The van der Waals surface area contributed by atoms with E-state index in [2.05, 4.69) is 26.0 Å². The zero-order valence-corrected chi connectivity index (χ0v) is 33.9. The van der Waals surface area contributed by atoms with Crippen molar-refractivity contribution in [2.45, 2.75) is 90.8 Å². The number of pyridine rings is 2. The number of hydrogen-bond acceptors (Lipinski definition) is 9. The van der Waals surface area contributed by atoms with Gasteiger partial charge in [0.1, 0.15) is 5.60 Å². The Morgan fingerprint density at radius 2 is 1.74 bits per heavy atom. The number of hydrogen-bond donors (Lipinski definition) is 4. The number of amides is 4. The molecule has 6 atom stereocenters. The average molecular weight is 790 g/mol. The number of nitrogens with zero attached hydrogens (tertiary/aromatic N) is 4. The minimum atomic E-state index is -1.16. The number of esters is 1. The summed E-state index contributed by atoms with van der Waals surface area (Å²) < 4.78 is 5.52. The number of aliphatic hydroxyl groups excluding tert-OH is 1. The predicted molar refractivity (Wildman–Crippen MR) is 219 cm³/mol. The molecule has 306 valence electrons. The summed E-state index contributed by atoms with van der Waals surface area (Å²) in [6, 6.07) is 27.2. The molecule has 2 aliphatic heterocycles. The SMILES string of the molecule is CCC(C)C(C(=O)NC(Cc1ccccc1)C(O)CNN(Cc1ccc(-c2ccccn2)cc1)C(=O)C1CC(=O)OC1(C)C)C1CNC(=O)N1Cc1cccc(C)n1. The summed E-state index contributed by atoms with van der Waals surface area (Å²) in [6.45, 7) is 9.95. The second-order valence-electron chi connectivity index (χ2n) is 16.0. The summed E-state index contributed by atoms with van der Waals surface area (Å²) in [5.74, 6) is -2.52. The van der Waals surface area contributed by atoms with Gasteiger partial charge >= 0.3 is 12.0 Å². The fraction of sp³-hybridized carbons (Fsp3) is 0.422. The molecule has 2 aromatic carbocycles. The van der Waals surface area contributed by atoms with Crippen LogP contribution in [0.25, 0.3) is 11.3 Å². The van der Waals surface area contributed by atoms with Crippen molar-refractivity contribution in [1.82, 2.24) is 35.9 Å². The van der Waals surface area contributed by atoms with Gasteiger partial charge in [-0.15, -0.1) is 0 Å². The number of nitrogens with one attached hydrogen (secondary N) is 3. The second-order valence-corrected chi connectivity index (χ2v) is 16.0. The van der Waals surface area contributed by atoms with Crippen molar-refractivity contribution in [3.63, 3.8) is 0 Å². The van der Waals surface area contributed by atoms with Crippen molar-refractivity contribution >= 4 is 23.8 Å². The highest BCUT2D eigenvalue weighted by atomic mass is 16.6. The van der Waals surface area contributed by atoms with Gasteiger partial charge in [0.25, 0.3) is 0 Å². The molecule has 6 unspecified atom stereocenters. The van der Waals surface area contributed by atoms with Crippen LogP contribution in [-0.2, 0) is 38.6 Å². The Bertz CT molecular complexity index is 2030. The van der Waals surface area contributed by atoms with Crippen LogP contribution >= 0.6 is 0 Å². The maximum absolute atomic E-state index is 14.5. The number of aliphatic hydroxyl groups is 1. The highest BCUT2D eigenvalue weighted by Gasteiger charge is 2.48. The number of aryl methyl sites for hydroxylation is 1. The van der Waals surface area contributed by atoms with Gasteiger partial charge in [-0.2, -0.15) is 0 Å². The third kappa shape index (κ3) is 10.3. The molecule has 0 bridgehead atoms. The van der Waals surface area contributed by atoms with Gasteiger partial charge in [-0.05, 0) is 68.5 Å². The lowest BCUT2D eigenvalue weighted by atomic mass is 9.83. The summed E-state index contributed by atoms with van der Waals surface area (Å²) in [7, 11) is 0. The van der Waals surface area contributed by atoms with E-state index in [-0.39, 0.29) is 49.8 Å². The van der Waals surface area contributed by atoms with Crippen LogP contribution in [0, 0.1) is 24.7 Å². The molecule has 4 aromatic rings. The van der Waals surface area contributed by atoms with Gasteiger partial charge in [-0.3, -0.25) is 29.4 Å². The van der Waals surface area contributed by atoms with Crippen molar-refractivity contribution in [2.75, 3.05) is 13.1 Å². The molecule has 4 heterocycles. The fourth-order valence-corrected chi connectivity index (χ4v) is 7.87. The van der Waals surface area contributed by atoms with Gasteiger partial charge in [-0.1, -0.05) is 87.0 Å². The van der Waals surface area contributed by atoms with Crippen molar-refractivity contribution in [3.05, 3.63) is 120 Å². The molecule has 58 heavy (non-hydrogen) atoms. The Kier molecular flexibility index (Phi) is 13.6. The lowest BCUT2D eigenvalue weighted by molar-refractivity contribution is -0.150. The normalized spacial score (nSPS) is 19.4. The van der Waals surface area contributed by atoms with Gasteiger partial charge in [0, 0.05) is 30.5 Å². The largest absolute Gasteiger partial charge is 0.459 e. The number of cyclic esters (lactones) is 1. The number of hydrazine groups is 1. The van der Waals surface area contributed by atoms with E-state index in [9.17, 15) is 24.3 Å². The zero-order valence-electron chi connectivity index (χ0n) is 33.9. The van der Waals surface area contributed by atoms with Gasteiger partial charge in [0.05, 0.1) is 60.9 Å². The van der Waals surface area contributed by atoms with Gasteiger partial charge < -0.3 is 25.4 Å². The van der Waals surface area contributed by atoms with E-state index in [1.165, 1.54) is 5.01 Å². The molecule has 2 fully saturated rings. The molecule has 13 heteroatoms. The summed E-state index contributed by atoms with van der Waals surface area (Å²) in [4.78, 5) is 65.1. The summed E-state index contributed by atoms with van der Waals surface area (Å²) in [5.41, 5.74) is 7.18. The maximum atomic E-state index is 14.5. The summed E-state index contributed by atoms with van der Waals surface area (Å²) >= 11 is 0. The minimum Gasteiger partial charge on any atom is -0.459 e. The first-order valence-corrected chi connectivity index (χ1v) is 20.1. The van der Waals surface area contributed by atoms with Crippen molar-refractivity contribution in [2.24, 2.45) is 17.8 Å².